The number of rotatable bonds is 5. The van der Waals surface area contributed by atoms with Gasteiger partial charge in [-0.25, -0.2) is 0 Å². The van der Waals surface area contributed by atoms with Crippen molar-refractivity contribution in [3.05, 3.63) is 0 Å². The molecule has 0 spiro atoms. The number of hydrogen-bond donors (Lipinski definition) is 5. The van der Waals surface area contributed by atoms with Crippen LogP contribution >= 0.6 is 0 Å². The van der Waals surface area contributed by atoms with E-state index in [2.05, 4.69) is 0 Å². The summed E-state index contributed by atoms with van der Waals surface area (Å²) in [4.78, 5) is 19.9. The summed E-state index contributed by atoms with van der Waals surface area (Å²) in [5, 5.41) is 31.5. The molecule has 0 aliphatic rings. The van der Waals surface area contributed by atoms with Gasteiger partial charge in [0, 0.05) is 6.42 Å². The van der Waals surface area contributed by atoms with Gasteiger partial charge in [0.15, 0.2) is 0 Å². The molecule has 0 saturated heterocycles. The van der Waals surface area contributed by atoms with Crippen LogP contribution < -0.4 is 5.73 Å². The van der Waals surface area contributed by atoms with Crippen LogP contribution in [0.15, 0.2) is 0 Å². The summed E-state index contributed by atoms with van der Waals surface area (Å²) in [6.07, 6.45) is -0.224. The molecule has 1 unspecified atom stereocenters. The molecule has 0 aromatic heterocycles. The minimum absolute atomic E-state index is 0.0231. The second-order valence-corrected chi connectivity index (χ2v) is 2.32. The van der Waals surface area contributed by atoms with Crippen LogP contribution in [0.3, 0.4) is 0 Å². The predicted molar refractivity (Wildman–Crippen MR) is 46.7 cm³/mol. The highest BCUT2D eigenvalue weighted by Crippen LogP contribution is 1.93. The maximum atomic E-state index is 9.99. The molecule has 0 aliphatic carbocycles. The smallest absolute Gasteiger partial charge is 0.320 e. The van der Waals surface area contributed by atoms with Crippen LogP contribution in [0.1, 0.15) is 12.8 Å². The number of aliphatic hydroxyl groups is 2. The van der Waals surface area contributed by atoms with E-state index in [1.165, 1.54) is 0 Å². The third kappa shape index (κ3) is 13.4. The topological polar surface area (TPSA) is 141 Å². The molecular formula is C7H15NO6. The van der Waals surface area contributed by atoms with Crippen molar-refractivity contribution >= 4 is 11.9 Å². The Hall–Kier alpha value is -1.18. The second-order valence-electron chi connectivity index (χ2n) is 2.32. The lowest BCUT2D eigenvalue weighted by atomic mass is 10.2. The third-order valence-electron chi connectivity index (χ3n) is 1.09. The number of carbonyl (C=O) groups is 2. The highest BCUT2D eigenvalue weighted by molar-refractivity contribution is 5.74. The third-order valence-corrected chi connectivity index (χ3v) is 1.09. The summed E-state index contributed by atoms with van der Waals surface area (Å²) in [6.45, 7) is -0.250. The van der Waals surface area contributed by atoms with E-state index in [4.69, 9.17) is 26.2 Å². The van der Waals surface area contributed by atoms with Crippen LogP contribution in [0.25, 0.3) is 0 Å². The van der Waals surface area contributed by atoms with Crippen molar-refractivity contribution in [1.82, 2.24) is 0 Å². The molecule has 0 rings (SSSR count). The van der Waals surface area contributed by atoms with E-state index >= 15 is 0 Å². The normalized spacial score (nSPS) is 11.1. The van der Waals surface area contributed by atoms with Gasteiger partial charge in [0.2, 0.25) is 0 Å². The highest BCUT2D eigenvalue weighted by atomic mass is 16.4. The number of hydrogen-bond acceptors (Lipinski definition) is 5. The van der Waals surface area contributed by atoms with E-state index in [-0.39, 0.29) is 26.1 Å². The lowest BCUT2D eigenvalue weighted by Gasteiger charge is -2.01. The Kier molecular flexibility index (Phi) is 10.8. The fraction of sp³-hybridized carbons (Fsp3) is 0.714. The van der Waals surface area contributed by atoms with Gasteiger partial charge in [-0.1, -0.05) is 0 Å². The molecule has 14 heavy (non-hydrogen) atoms. The standard InChI is InChI=1S/C5H9NO4.C2H6O2/c6-3(5(9)10)1-2-4(7)8;3-1-2-4/h3H,1-2,6H2,(H,7,8)(H,9,10);3-4H,1-2H2. The molecule has 0 amide bonds. The maximum absolute atomic E-state index is 9.99. The minimum Gasteiger partial charge on any atom is -0.481 e. The lowest BCUT2D eigenvalue weighted by molar-refractivity contribution is -0.139. The Morgan fingerprint density at radius 3 is 1.79 bits per heavy atom. The minimum atomic E-state index is -1.17. The zero-order valence-electron chi connectivity index (χ0n) is 7.59. The molecule has 0 fully saturated rings. The van der Waals surface area contributed by atoms with Crippen LogP contribution in [0.2, 0.25) is 0 Å². The lowest BCUT2D eigenvalue weighted by Crippen LogP contribution is -2.30. The zero-order valence-corrected chi connectivity index (χ0v) is 7.59. The quantitative estimate of drug-likeness (QED) is 0.361. The number of aliphatic carboxylic acids is 2. The van der Waals surface area contributed by atoms with Gasteiger partial charge in [-0.3, -0.25) is 9.59 Å². The van der Waals surface area contributed by atoms with Crippen molar-refractivity contribution < 1.29 is 30.0 Å². The molecule has 0 aromatic rings. The SMILES string of the molecule is NC(CCC(=O)O)C(=O)O.OCCO. The molecule has 0 bridgehead atoms. The molecule has 0 saturated carbocycles. The zero-order chi connectivity index (χ0) is 11.6. The Morgan fingerprint density at radius 2 is 1.57 bits per heavy atom. The van der Waals surface area contributed by atoms with Gasteiger partial charge in [-0.15, -0.1) is 0 Å². The summed E-state index contributed by atoms with van der Waals surface area (Å²) in [5.41, 5.74) is 5.00. The average Bonchev–Trinajstić information content (AvgIpc) is 2.14. The fourth-order valence-electron chi connectivity index (χ4n) is 0.402. The van der Waals surface area contributed by atoms with Gasteiger partial charge in [-0.05, 0) is 6.42 Å². The van der Waals surface area contributed by atoms with E-state index in [0.717, 1.165) is 0 Å². The molecule has 1 atom stereocenters. The predicted octanol–water partition coefficient (Wildman–Crippen LogP) is -1.77. The highest BCUT2D eigenvalue weighted by Gasteiger charge is 2.12. The van der Waals surface area contributed by atoms with Crippen molar-refractivity contribution in [2.24, 2.45) is 5.73 Å². The van der Waals surface area contributed by atoms with E-state index in [9.17, 15) is 9.59 Å². The molecule has 7 nitrogen and oxygen atoms in total. The first-order valence-corrected chi connectivity index (χ1v) is 3.87. The Bertz CT molecular complexity index is 170. The molecular weight excluding hydrogens is 194 g/mol. The van der Waals surface area contributed by atoms with Crippen molar-refractivity contribution in [3.63, 3.8) is 0 Å². The molecule has 0 aliphatic heterocycles. The summed E-state index contributed by atoms with van der Waals surface area (Å²) < 4.78 is 0. The van der Waals surface area contributed by atoms with Gasteiger partial charge in [0.25, 0.3) is 0 Å². The fourth-order valence-corrected chi connectivity index (χ4v) is 0.402. The molecule has 7 heteroatoms. The first-order chi connectivity index (χ1) is 6.45. The number of carboxylic acid groups (broad SMARTS) is 2. The van der Waals surface area contributed by atoms with E-state index in [1.807, 2.05) is 0 Å². The van der Waals surface area contributed by atoms with Gasteiger partial charge >= 0.3 is 11.9 Å². The number of carboxylic acids is 2. The summed E-state index contributed by atoms with van der Waals surface area (Å²) in [7, 11) is 0. The van der Waals surface area contributed by atoms with E-state index in [0.29, 0.717) is 0 Å². The molecule has 0 heterocycles. The van der Waals surface area contributed by atoms with Crippen LogP contribution in [0.5, 0.6) is 0 Å². The molecule has 0 aromatic carbocycles. The average molecular weight is 209 g/mol. The number of aliphatic hydroxyl groups excluding tert-OH is 2. The molecule has 6 N–H and O–H groups in total. The largest absolute Gasteiger partial charge is 0.481 e. The van der Waals surface area contributed by atoms with Crippen LogP contribution in [-0.2, 0) is 9.59 Å². The van der Waals surface area contributed by atoms with E-state index in [1.54, 1.807) is 0 Å². The van der Waals surface area contributed by atoms with Crippen LogP contribution in [-0.4, -0.2) is 51.6 Å². The van der Waals surface area contributed by atoms with Gasteiger partial charge in [-0.2, -0.15) is 0 Å². The van der Waals surface area contributed by atoms with Crippen LogP contribution in [0.4, 0.5) is 0 Å². The molecule has 0 radical (unpaired) electrons. The first kappa shape index (κ1) is 15.3. The first-order valence-electron chi connectivity index (χ1n) is 3.87. The molecule has 84 valence electrons. The van der Waals surface area contributed by atoms with Crippen molar-refractivity contribution in [2.45, 2.75) is 18.9 Å². The van der Waals surface area contributed by atoms with Crippen molar-refractivity contribution in [3.8, 4) is 0 Å². The van der Waals surface area contributed by atoms with Gasteiger partial charge < -0.3 is 26.2 Å². The Morgan fingerprint density at radius 1 is 1.14 bits per heavy atom. The number of nitrogens with two attached hydrogens (primary N) is 1. The van der Waals surface area contributed by atoms with Gasteiger partial charge in [0.05, 0.1) is 13.2 Å². The van der Waals surface area contributed by atoms with E-state index < -0.39 is 18.0 Å². The summed E-state index contributed by atoms with van der Waals surface area (Å²) in [6, 6.07) is -1.06. The maximum Gasteiger partial charge on any atom is 0.320 e. The summed E-state index contributed by atoms with van der Waals surface area (Å²) in [5.74, 6) is -2.20. The van der Waals surface area contributed by atoms with Gasteiger partial charge in [0.1, 0.15) is 6.04 Å². The Balaban J connectivity index is 0. The Labute approximate surface area is 80.8 Å². The van der Waals surface area contributed by atoms with Crippen molar-refractivity contribution in [1.29, 1.82) is 0 Å². The van der Waals surface area contributed by atoms with Crippen molar-refractivity contribution in [2.75, 3.05) is 13.2 Å². The van der Waals surface area contributed by atoms with Crippen LogP contribution in [0, 0.1) is 0 Å². The summed E-state index contributed by atoms with van der Waals surface area (Å²) >= 11 is 0. The second kappa shape index (κ2) is 9.90. The monoisotopic (exact) mass is 209 g/mol.